The van der Waals surface area contributed by atoms with Gasteiger partial charge in [-0.05, 0) is 52.3 Å². The Hall–Kier alpha value is -1.07. The first kappa shape index (κ1) is 19.7. The normalized spacial score (nSPS) is 17.2. The Morgan fingerprint density at radius 1 is 1.08 bits per heavy atom. The number of sulfonamides is 1. The molecule has 1 aliphatic heterocycles. The molecule has 1 aromatic heterocycles. The topological polar surface area (TPSA) is 74.8 Å². The van der Waals surface area contributed by atoms with Crippen LogP contribution in [0.25, 0.3) is 0 Å². The molecule has 1 fully saturated rings. The van der Waals surface area contributed by atoms with Gasteiger partial charge in [0.1, 0.15) is 4.21 Å². The van der Waals surface area contributed by atoms with E-state index in [0.717, 1.165) is 3.79 Å². The molecule has 26 heavy (non-hydrogen) atoms. The number of piperazine rings is 1. The summed E-state index contributed by atoms with van der Waals surface area (Å²) in [5.41, 5.74) is 0.512. The van der Waals surface area contributed by atoms with Crippen LogP contribution in [0.5, 0.6) is 0 Å². The standard InChI is InChI=1S/C16H17BrN2O4S3/c1-25(21)13-4-2-12(3-5-13)16(20)18-8-10-19(11-9-18)26(22,23)15-7-6-14(17)24-15/h2-7H,8-11H2,1H3. The van der Waals surface area contributed by atoms with E-state index in [1.165, 1.54) is 15.6 Å². The largest absolute Gasteiger partial charge is 0.336 e. The highest BCUT2D eigenvalue weighted by molar-refractivity contribution is 9.11. The van der Waals surface area contributed by atoms with Gasteiger partial charge in [0.2, 0.25) is 0 Å². The van der Waals surface area contributed by atoms with Crippen molar-refractivity contribution in [3.63, 3.8) is 0 Å². The lowest BCUT2D eigenvalue weighted by molar-refractivity contribution is 0.0698. The van der Waals surface area contributed by atoms with Crippen molar-refractivity contribution in [1.82, 2.24) is 9.21 Å². The maximum absolute atomic E-state index is 12.6. The molecular weight excluding hydrogens is 460 g/mol. The van der Waals surface area contributed by atoms with Crippen molar-refractivity contribution in [2.24, 2.45) is 0 Å². The van der Waals surface area contributed by atoms with E-state index in [-0.39, 0.29) is 19.0 Å². The van der Waals surface area contributed by atoms with Crippen molar-refractivity contribution in [2.75, 3.05) is 32.4 Å². The van der Waals surface area contributed by atoms with Gasteiger partial charge in [0, 0.05) is 53.7 Å². The van der Waals surface area contributed by atoms with E-state index >= 15 is 0 Å². The number of carbonyl (C=O) groups is 1. The number of rotatable bonds is 4. The molecule has 1 aromatic carbocycles. The molecule has 0 N–H and O–H groups in total. The van der Waals surface area contributed by atoms with E-state index in [2.05, 4.69) is 15.9 Å². The molecule has 1 amide bonds. The Balaban J connectivity index is 1.66. The first-order chi connectivity index (χ1) is 12.3. The molecule has 0 aliphatic carbocycles. The summed E-state index contributed by atoms with van der Waals surface area (Å²) < 4.78 is 39.2. The minimum absolute atomic E-state index is 0.144. The second-order valence-electron chi connectivity index (χ2n) is 5.73. The van der Waals surface area contributed by atoms with Gasteiger partial charge in [-0.15, -0.1) is 11.3 Å². The number of nitrogens with zero attached hydrogens (tertiary/aromatic N) is 2. The maximum atomic E-state index is 12.6. The second kappa shape index (κ2) is 7.89. The Morgan fingerprint density at radius 3 is 2.19 bits per heavy atom. The van der Waals surface area contributed by atoms with Crippen LogP contribution in [0.3, 0.4) is 0 Å². The summed E-state index contributed by atoms with van der Waals surface area (Å²) >= 11 is 4.46. The van der Waals surface area contributed by atoms with Crippen molar-refractivity contribution in [3.8, 4) is 0 Å². The number of hydrogen-bond donors (Lipinski definition) is 0. The van der Waals surface area contributed by atoms with Crippen LogP contribution < -0.4 is 0 Å². The first-order valence-corrected chi connectivity index (χ1v) is 12.4. The summed E-state index contributed by atoms with van der Waals surface area (Å²) in [6, 6.07) is 9.97. The smallest absolute Gasteiger partial charge is 0.253 e. The van der Waals surface area contributed by atoms with E-state index in [0.29, 0.717) is 27.8 Å². The number of benzene rings is 1. The predicted octanol–water partition coefficient (Wildman–Crippen LogP) is 2.39. The van der Waals surface area contributed by atoms with E-state index in [1.807, 2.05) is 0 Å². The Bertz CT molecular complexity index is 933. The Labute approximate surface area is 167 Å². The molecule has 0 saturated carbocycles. The fraction of sp³-hybridized carbons (Fsp3) is 0.312. The van der Waals surface area contributed by atoms with Gasteiger partial charge in [0.25, 0.3) is 15.9 Å². The Morgan fingerprint density at radius 2 is 1.69 bits per heavy atom. The molecule has 10 heteroatoms. The summed E-state index contributed by atoms with van der Waals surface area (Å²) in [5.74, 6) is -0.144. The van der Waals surface area contributed by atoms with Crippen LogP contribution in [0.2, 0.25) is 0 Å². The average Bonchev–Trinajstić information content (AvgIpc) is 3.08. The van der Waals surface area contributed by atoms with Gasteiger partial charge in [0.15, 0.2) is 0 Å². The third-order valence-electron chi connectivity index (χ3n) is 4.10. The van der Waals surface area contributed by atoms with E-state index in [9.17, 15) is 17.4 Å². The summed E-state index contributed by atoms with van der Waals surface area (Å²) in [5, 5.41) is 0. The lowest BCUT2D eigenvalue weighted by Gasteiger charge is -2.33. The van der Waals surface area contributed by atoms with Gasteiger partial charge >= 0.3 is 0 Å². The quantitative estimate of drug-likeness (QED) is 0.678. The molecule has 1 unspecified atom stereocenters. The van der Waals surface area contributed by atoms with E-state index in [1.54, 1.807) is 47.6 Å². The highest BCUT2D eigenvalue weighted by Gasteiger charge is 2.31. The minimum atomic E-state index is -3.52. The fourth-order valence-corrected chi connectivity index (χ4v) is 6.77. The van der Waals surface area contributed by atoms with Crippen molar-refractivity contribution in [1.29, 1.82) is 0 Å². The Kier molecular flexibility index (Phi) is 5.97. The molecule has 3 rings (SSSR count). The van der Waals surface area contributed by atoms with Gasteiger partial charge in [-0.2, -0.15) is 4.31 Å². The fourth-order valence-electron chi connectivity index (χ4n) is 2.67. The second-order valence-corrected chi connectivity index (χ2v) is 11.7. The molecule has 2 heterocycles. The summed E-state index contributed by atoms with van der Waals surface area (Å²) in [6.07, 6.45) is 1.59. The van der Waals surface area contributed by atoms with Crippen molar-refractivity contribution in [2.45, 2.75) is 9.10 Å². The van der Waals surface area contributed by atoms with Crippen LogP contribution in [0.1, 0.15) is 10.4 Å². The molecule has 1 aliphatic rings. The number of halogens is 1. The van der Waals surface area contributed by atoms with Crippen LogP contribution in [-0.2, 0) is 20.8 Å². The van der Waals surface area contributed by atoms with Crippen molar-refractivity contribution >= 4 is 54.0 Å². The zero-order valence-corrected chi connectivity index (χ0v) is 18.0. The third-order valence-corrected chi connectivity index (χ3v) is 9.03. The van der Waals surface area contributed by atoms with Crippen LogP contribution in [0.15, 0.2) is 49.3 Å². The van der Waals surface area contributed by atoms with Crippen LogP contribution in [-0.4, -0.2) is 60.2 Å². The lowest BCUT2D eigenvalue weighted by atomic mass is 10.2. The molecule has 0 bridgehead atoms. The highest BCUT2D eigenvalue weighted by Crippen LogP contribution is 2.29. The zero-order valence-electron chi connectivity index (χ0n) is 13.9. The zero-order chi connectivity index (χ0) is 18.9. The summed E-state index contributed by atoms with van der Waals surface area (Å²) in [4.78, 5) is 14.9. The van der Waals surface area contributed by atoms with Gasteiger partial charge in [-0.3, -0.25) is 9.00 Å². The number of carbonyl (C=O) groups excluding carboxylic acids is 1. The van der Waals surface area contributed by atoms with Gasteiger partial charge < -0.3 is 4.90 Å². The number of amides is 1. The number of hydrogen-bond acceptors (Lipinski definition) is 5. The molecule has 1 saturated heterocycles. The van der Waals surface area contributed by atoms with Gasteiger partial charge in [-0.25, -0.2) is 8.42 Å². The van der Waals surface area contributed by atoms with E-state index < -0.39 is 20.8 Å². The first-order valence-electron chi connectivity index (χ1n) is 7.77. The maximum Gasteiger partial charge on any atom is 0.253 e. The van der Waals surface area contributed by atoms with Crippen LogP contribution in [0.4, 0.5) is 0 Å². The predicted molar refractivity (Wildman–Crippen MR) is 105 cm³/mol. The average molecular weight is 477 g/mol. The highest BCUT2D eigenvalue weighted by atomic mass is 79.9. The van der Waals surface area contributed by atoms with Crippen LogP contribution >= 0.6 is 27.3 Å². The molecule has 2 aromatic rings. The molecule has 1 atom stereocenters. The van der Waals surface area contributed by atoms with Gasteiger partial charge in [-0.1, -0.05) is 0 Å². The SMILES string of the molecule is CS(=O)c1ccc(C(=O)N2CCN(S(=O)(=O)c3ccc(Br)s3)CC2)cc1. The third kappa shape index (κ3) is 4.09. The lowest BCUT2D eigenvalue weighted by Crippen LogP contribution is -2.50. The summed E-state index contributed by atoms with van der Waals surface area (Å²) in [6.45, 7) is 1.21. The molecule has 140 valence electrons. The van der Waals surface area contributed by atoms with Crippen molar-refractivity contribution < 1.29 is 17.4 Å². The van der Waals surface area contributed by atoms with E-state index in [4.69, 9.17) is 0 Å². The summed E-state index contributed by atoms with van der Waals surface area (Å²) in [7, 11) is -4.61. The molecular formula is C16H17BrN2O4S3. The molecule has 0 spiro atoms. The molecule has 6 nitrogen and oxygen atoms in total. The van der Waals surface area contributed by atoms with Gasteiger partial charge in [0.05, 0.1) is 3.79 Å². The minimum Gasteiger partial charge on any atom is -0.336 e. The molecule has 0 radical (unpaired) electrons. The van der Waals surface area contributed by atoms with Crippen LogP contribution in [0, 0.1) is 0 Å². The monoisotopic (exact) mass is 476 g/mol. The van der Waals surface area contributed by atoms with Crippen molar-refractivity contribution in [3.05, 3.63) is 45.7 Å². The number of thiophene rings is 1.